The molecule has 1 saturated carbocycles. The van der Waals surface area contributed by atoms with Gasteiger partial charge in [-0.25, -0.2) is 4.39 Å². The van der Waals surface area contributed by atoms with E-state index in [4.69, 9.17) is 0 Å². The first-order valence-corrected chi connectivity index (χ1v) is 6.53. The van der Waals surface area contributed by atoms with Crippen LogP contribution in [0, 0.1) is 11.2 Å². The molecule has 0 bridgehead atoms. The molecule has 0 atom stereocenters. The normalized spacial score (nSPS) is 17.4. The van der Waals surface area contributed by atoms with E-state index in [2.05, 4.69) is 28.2 Å². The second-order valence-corrected chi connectivity index (χ2v) is 5.80. The zero-order valence-corrected chi connectivity index (χ0v) is 11.3. The Morgan fingerprint density at radius 2 is 2.24 bits per heavy atom. The van der Waals surface area contributed by atoms with E-state index in [9.17, 15) is 9.18 Å². The van der Waals surface area contributed by atoms with Crippen LogP contribution >= 0.6 is 15.9 Å². The number of hydrogen-bond acceptors (Lipinski definition) is 1. The molecule has 2 rings (SSSR count). The number of carbonyl (C=O) groups is 1. The summed E-state index contributed by atoms with van der Waals surface area (Å²) < 4.78 is 14.0. The summed E-state index contributed by atoms with van der Waals surface area (Å²) >= 11 is 3.20. The molecule has 4 heteroatoms. The molecule has 92 valence electrons. The molecule has 0 radical (unpaired) electrons. The molecule has 2 nitrogen and oxygen atoms in total. The highest BCUT2D eigenvalue weighted by Gasteiger charge is 2.32. The monoisotopic (exact) mass is 299 g/mol. The predicted molar refractivity (Wildman–Crippen MR) is 68.4 cm³/mol. The van der Waals surface area contributed by atoms with Crippen LogP contribution in [0.5, 0.6) is 0 Å². The van der Waals surface area contributed by atoms with Crippen molar-refractivity contribution in [3.05, 3.63) is 34.1 Å². The summed E-state index contributed by atoms with van der Waals surface area (Å²) in [7, 11) is 0. The molecule has 0 spiro atoms. The summed E-state index contributed by atoms with van der Waals surface area (Å²) in [5.74, 6) is -0.835. The topological polar surface area (TPSA) is 29.1 Å². The third-order valence-corrected chi connectivity index (χ3v) is 4.09. The number of halogens is 2. The van der Waals surface area contributed by atoms with Crippen LogP contribution in [0.2, 0.25) is 0 Å². The lowest BCUT2D eigenvalue weighted by Gasteiger charge is -2.38. The molecule has 0 saturated heterocycles. The van der Waals surface area contributed by atoms with Crippen molar-refractivity contribution in [3.63, 3.8) is 0 Å². The Morgan fingerprint density at radius 1 is 1.53 bits per heavy atom. The second-order valence-electron chi connectivity index (χ2n) is 4.94. The molecule has 1 aliphatic rings. The van der Waals surface area contributed by atoms with Gasteiger partial charge < -0.3 is 5.32 Å². The third kappa shape index (κ3) is 2.68. The molecule has 0 aromatic heterocycles. The van der Waals surface area contributed by atoms with Gasteiger partial charge in [0.25, 0.3) is 5.91 Å². The summed E-state index contributed by atoms with van der Waals surface area (Å²) in [6.07, 6.45) is 3.48. The molecule has 1 aromatic carbocycles. The van der Waals surface area contributed by atoms with E-state index in [0.29, 0.717) is 11.0 Å². The molecular formula is C13H15BrFNO. The minimum atomic E-state index is -0.490. The molecule has 1 fully saturated rings. The van der Waals surface area contributed by atoms with Gasteiger partial charge in [-0.1, -0.05) is 19.4 Å². The van der Waals surface area contributed by atoms with Crippen molar-refractivity contribution in [1.29, 1.82) is 0 Å². The van der Waals surface area contributed by atoms with Crippen LogP contribution in [0.1, 0.15) is 36.5 Å². The van der Waals surface area contributed by atoms with E-state index in [1.807, 2.05) is 0 Å². The predicted octanol–water partition coefficient (Wildman–Crippen LogP) is 3.51. The number of hydrogen-bond donors (Lipinski definition) is 1. The Kier molecular flexibility index (Phi) is 3.52. The Balaban J connectivity index is 2.04. The highest BCUT2D eigenvalue weighted by Crippen LogP contribution is 2.39. The van der Waals surface area contributed by atoms with Gasteiger partial charge in [-0.2, -0.15) is 0 Å². The SMILES string of the molecule is CC1(CNC(=O)c2c(F)cccc2Br)CCC1. The summed E-state index contributed by atoms with van der Waals surface area (Å²) in [5.41, 5.74) is 0.295. The summed E-state index contributed by atoms with van der Waals surface area (Å²) in [6, 6.07) is 4.54. The molecular weight excluding hydrogens is 285 g/mol. The van der Waals surface area contributed by atoms with E-state index in [1.54, 1.807) is 12.1 Å². The first-order valence-electron chi connectivity index (χ1n) is 5.74. The zero-order valence-electron chi connectivity index (χ0n) is 9.72. The van der Waals surface area contributed by atoms with E-state index in [-0.39, 0.29) is 16.9 Å². The fourth-order valence-corrected chi connectivity index (χ4v) is 2.58. The third-order valence-electron chi connectivity index (χ3n) is 3.43. The minimum Gasteiger partial charge on any atom is -0.351 e. The Hall–Kier alpha value is -0.900. The van der Waals surface area contributed by atoms with Gasteiger partial charge >= 0.3 is 0 Å². The molecule has 1 N–H and O–H groups in total. The zero-order chi connectivity index (χ0) is 12.5. The van der Waals surface area contributed by atoms with Gasteiger partial charge in [-0.3, -0.25) is 4.79 Å². The van der Waals surface area contributed by atoms with E-state index in [1.165, 1.54) is 12.5 Å². The average molecular weight is 300 g/mol. The lowest BCUT2D eigenvalue weighted by molar-refractivity contribution is 0.0886. The van der Waals surface area contributed by atoms with E-state index < -0.39 is 5.82 Å². The summed E-state index contributed by atoms with van der Waals surface area (Å²) in [4.78, 5) is 11.9. The Morgan fingerprint density at radius 3 is 2.76 bits per heavy atom. The molecule has 0 aliphatic heterocycles. The Labute approximate surface area is 109 Å². The van der Waals surface area contributed by atoms with Crippen LogP contribution in [0.15, 0.2) is 22.7 Å². The van der Waals surface area contributed by atoms with Gasteiger partial charge in [-0.05, 0) is 46.3 Å². The first kappa shape index (κ1) is 12.6. The quantitative estimate of drug-likeness (QED) is 0.909. The largest absolute Gasteiger partial charge is 0.351 e. The van der Waals surface area contributed by atoms with E-state index >= 15 is 0 Å². The minimum absolute atomic E-state index is 0.0930. The highest BCUT2D eigenvalue weighted by atomic mass is 79.9. The molecule has 1 amide bonds. The number of nitrogens with one attached hydrogen (secondary N) is 1. The number of carbonyl (C=O) groups excluding carboxylic acids is 1. The maximum absolute atomic E-state index is 13.5. The van der Waals surface area contributed by atoms with Crippen molar-refractivity contribution >= 4 is 21.8 Å². The van der Waals surface area contributed by atoms with Crippen LogP contribution in [0.25, 0.3) is 0 Å². The molecule has 1 aromatic rings. The van der Waals surface area contributed by atoms with Gasteiger partial charge in [0.1, 0.15) is 5.82 Å². The lowest BCUT2D eigenvalue weighted by atomic mass is 9.70. The van der Waals surface area contributed by atoms with Gasteiger partial charge in [0.15, 0.2) is 0 Å². The van der Waals surface area contributed by atoms with Crippen molar-refractivity contribution in [1.82, 2.24) is 5.32 Å². The van der Waals surface area contributed by atoms with Crippen LogP contribution in [0.4, 0.5) is 4.39 Å². The van der Waals surface area contributed by atoms with Gasteiger partial charge in [0.2, 0.25) is 0 Å². The maximum Gasteiger partial charge on any atom is 0.255 e. The molecule has 0 unspecified atom stereocenters. The summed E-state index contributed by atoms with van der Waals surface area (Å²) in [5, 5.41) is 2.81. The molecule has 1 aliphatic carbocycles. The van der Waals surface area contributed by atoms with Crippen molar-refractivity contribution in [2.75, 3.05) is 6.54 Å². The van der Waals surface area contributed by atoms with Gasteiger partial charge in [0, 0.05) is 11.0 Å². The maximum atomic E-state index is 13.5. The van der Waals surface area contributed by atoms with E-state index in [0.717, 1.165) is 12.8 Å². The average Bonchev–Trinajstić information content (AvgIpc) is 2.23. The van der Waals surface area contributed by atoms with Crippen molar-refractivity contribution in [3.8, 4) is 0 Å². The van der Waals surface area contributed by atoms with Crippen LogP contribution in [-0.2, 0) is 0 Å². The highest BCUT2D eigenvalue weighted by molar-refractivity contribution is 9.10. The number of amides is 1. The van der Waals surface area contributed by atoms with Crippen molar-refractivity contribution in [2.24, 2.45) is 5.41 Å². The van der Waals surface area contributed by atoms with Crippen molar-refractivity contribution in [2.45, 2.75) is 26.2 Å². The molecule has 0 heterocycles. The van der Waals surface area contributed by atoms with Crippen LogP contribution in [-0.4, -0.2) is 12.5 Å². The van der Waals surface area contributed by atoms with Crippen LogP contribution in [0.3, 0.4) is 0 Å². The lowest BCUT2D eigenvalue weighted by Crippen LogP contribution is -2.40. The van der Waals surface area contributed by atoms with Gasteiger partial charge in [-0.15, -0.1) is 0 Å². The number of benzene rings is 1. The fraction of sp³-hybridized carbons (Fsp3) is 0.462. The second kappa shape index (κ2) is 4.77. The first-order chi connectivity index (χ1) is 8.02. The Bertz CT molecular complexity index is 423. The van der Waals surface area contributed by atoms with Gasteiger partial charge in [0.05, 0.1) is 5.56 Å². The summed E-state index contributed by atoms with van der Waals surface area (Å²) in [6.45, 7) is 2.76. The van der Waals surface area contributed by atoms with Crippen LogP contribution < -0.4 is 5.32 Å². The fourth-order valence-electron chi connectivity index (χ4n) is 2.05. The smallest absolute Gasteiger partial charge is 0.255 e. The number of rotatable bonds is 3. The standard InChI is InChI=1S/C13H15BrFNO/c1-13(6-3-7-13)8-16-12(17)11-9(14)4-2-5-10(11)15/h2,4-5H,3,6-8H2,1H3,(H,16,17). The van der Waals surface area contributed by atoms with Crippen molar-refractivity contribution < 1.29 is 9.18 Å². The molecule has 17 heavy (non-hydrogen) atoms.